The fraction of sp³-hybridized carbons (Fsp3) is 0.857. The molecule has 19 heavy (non-hydrogen) atoms. The van der Waals surface area contributed by atoms with E-state index in [2.05, 4.69) is 18.7 Å². The first-order valence-electron chi connectivity index (χ1n) is 7.20. The Hall–Kier alpha value is -1.10. The Morgan fingerprint density at radius 1 is 1.16 bits per heavy atom. The van der Waals surface area contributed by atoms with Gasteiger partial charge in [-0.15, -0.1) is 0 Å². The fourth-order valence-electron chi connectivity index (χ4n) is 3.53. The summed E-state index contributed by atoms with van der Waals surface area (Å²) in [6.45, 7) is 7.23. The van der Waals surface area contributed by atoms with Crippen molar-refractivity contribution in [1.82, 2.24) is 9.80 Å². The third-order valence-corrected chi connectivity index (χ3v) is 4.67. The van der Waals surface area contributed by atoms with Gasteiger partial charge in [0, 0.05) is 25.2 Å². The van der Waals surface area contributed by atoms with Crippen molar-refractivity contribution in [2.45, 2.75) is 58.2 Å². The van der Waals surface area contributed by atoms with Gasteiger partial charge in [0.25, 0.3) is 0 Å². The minimum absolute atomic E-state index is 0.0874. The summed E-state index contributed by atoms with van der Waals surface area (Å²) in [6.07, 6.45) is 2.85. The van der Waals surface area contributed by atoms with Crippen LogP contribution in [-0.4, -0.2) is 58.0 Å². The number of rotatable bonds is 3. The lowest BCUT2D eigenvalue weighted by Gasteiger charge is -2.34. The Kier molecular flexibility index (Phi) is 4.13. The summed E-state index contributed by atoms with van der Waals surface area (Å²) in [4.78, 5) is 27.4. The van der Waals surface area contributed by atoms with Crippen LogP contribution in [0, 0.1) is 5.92 Å². The summed E-state index contributed by atoms with van der Waals surface area (Å²) in [6, 6.07) is 0.735. The average Bonchev–Trinajstić information content (AvgIpc) is 2.95. The van der Waals surface area contributed by atoms with Crippen molar-refractivity contribution in [2.75, 3.05) is 13.1 Å². The molecule has 2 heterocycles. The molecule has 1 N–H and O–H groups in total. The van der Waals surface area contributed by atoms with Crippen LogP contribution in [0.3, 0.4) is 0 Å². The molecule has 0 aliphatic carbocycles. The molecule has 0 bridgehead atoms. The SMILES string of the molecule is CC1CCC(C)N1C(C)C(=O)N1CCC(C(=O)O)C1. The zero-order valence-electron chi connectivity index (χ0n) is 12.0. The van der Waals surface area contributed by atoms with Crippen LogP contribution in [0.4, 0.5) is 0 Å². The normalized spacial score (nSPS) is 33.6. The highest BCUT2D eigenvalue weighted by Crippen LogP contribution is 2.27. The van der Waals surface area contributed by atoms with E-state index in [1.807, 2.05) is 6.92 Å². The number of nitrogens with zero attached hydrogens (tertiary/aromatic N) is 2. The lowest BCUT2D eigenvalue weighted by atomic mass is 10.1. The maximum Gasteiger partial charge on any atom is 0.308 e. The number of hydrogen-bond donors (Lipinski definition) is 1. The third-order valence-electron chi connectivity index (χ3n) is 4.67. The summed E-state index contributed by atoms with van der Waals surface area (Å²) in [7, 11) is 0. The Labute approximate surface area is 114 Å². The van der Waals surface area contributed by atoms with Gasteiger partial charge in [-0.3, -0.25) is 14.5 Å². The van der Waals surface area contributed by atoms with Crippen LogP contribution in [0.25, 0.3) is 0 Å². The summed E-state index contributed by atoms with van der Waals surface area (Å²) in [5.41, 5.74) is 0. The van der Waals surface area contributed by atoms with Gasteiger partial charge in [0.1, 0.15) is 0 Å². The van der Waals surface area contributed by atoms with E-state index in [-0.39, 0.29) is 17.9 Å². The van der Waals surface area contributed by atoms with Crippen LogP contribution in [0.5, 0.6) is 0 Å². The molecular formula is C14H24N2O3. The van der Waals surface area contributed by atoms with Gasteiger partial charge in [-0.1, -0.05) is 0 Å². The van der Waals surface area contributed by atoms with Gasteiger partial charge in [-0.05, 0) is 40.0 Å². The molecular weight excluding hydrogens is 244 g/mol. The van der Waals surface area contributed by atoms with Crippen LogP contribution in [0.2, 0.25) is 0 Å². The number of carbonyl (C=O) groups excluding carboxylic acids is 1. The lowest BCUT2D eigenvalue weighted by Crippen LogP contribution is -2.50. The number of likely N-dealkylation sites (tertiary alicyclic amines) is 2. The van der Waals surface area contributed by atoms with E-state index in [9.17, 15) is 9.59 Å². The smallest absolute Gasteiger partial charge is 0.308 e. The highest BCUT2D eigenvalue weighted by Gasteiger charge is 2.38. The summed E-state index contributed by atoms with van der Waals surface area (Å²) in [5, 5.41) is 9.00. The Bertz CT molecular complexity index is 362. The van der Waals surface area contributed by atoms with Gasteiger partial charge in [0.2, 0.25) is 5.91 Å². The predicted molar refractivity (Wildman–Crippen MR) is 71.8 cm³/mol. The molecule has 2 fully saturated rings. The Morgan fingerprint density at radius 3 is 2.21 bits per heavy atom. The zero-order valence-corrected chi connectivity index (χ0v) is 12.0. The lowest BCUT2D eigenvalue weighted by molar-refractivity contribution is -0.142. The largest absolute Gasteiger partial charge is 0.481 e. The first-order chi connectivity index (χ1) is 8.91. The Morgan fingerprint density at radius 2 is 1.74 bits per heavy atom. The molecule has 108 valence electrons. The van der Waals surface area contributed by atoms with Crippen molar-refractivity contribution >= 4 is 11.9 Å². The van der Waals surface area contributed by atoms with Crippen LogP contribution < -0.4 is 0 Å². The highest BCUT2D eigenvalue weighted by atomic mass is 16.4. The van der Waals surface area contributed by atoms with Crippen LogP contribution in [0.1, 0.15) is 40.0 Å². The number of amides is 1. The van der Waals surface area contributed by atoms with Gasteiger partial charge >= 0.3 is 5.97 Å². The second kappa shape index (κ2) is 5.49. The van der Waals surface area contributed by atoms with Crippen molar-refractivity contribution in [1.29, 1.82) is 0 Å². The van der Waals surface area contributed by atoms with Gasteiger partial charge in [-0.25, -0.2) is 0 Å². The molecule has 4 unspecified atom stereocenters. The molecule has 2 aliphatic rings. The zero-order chi connectivity index (χ0) is 14.2. The number of carboxylic acid groups (broad SMARTS) is 1. The first kappa shape index (κ1) is 14.3. The third kappa shape index (κ3) is 2.76. The minimum atomic E-state index is -0.786. The van der Waals surface area contributed by atoms with E-state index < -0.39 is 5.97 Å². The van der Waals surface area contributed by atoms with Crippen molar-refractivity contribution < 1.29 is 14.7 Å². The number of aliphatic carboxylic acids is 1. The quantitative estimate of drug-likeness (QED) is 0.835. The van der Waals surface area contributed by atoms with Crippen molar-refractivity contribution in [3.63, 3.8) is 0 Å². The summed E-state index contributed by atoms with van der Waals surface area (Å²) >= 11 is 0. The summed E-state index contributed by atoms with van der Waals surface area (Å²) in [5.74, 6) is -1.08. The molecule has 2 saturated heterocycles. The predicted octanol–water partition coefficient (Wildman–Crippen LogP) is 1.18. The molecule has 5 nitrogen and oxygen atoms in total. The number of carbonyl (C=O) groups is 2. The molecule has 1 amide bonds. The molecule has 2 aliphatic heterocycles. The second-order valence-corrected chi connectivity index (χ2v) is 6.01. The summed E-state index contributed by atoms with van der Waals surface area (Å²) < 4.78 is 0. The number of carboxylic acids is 1. The van der Waals surface area contributed by atoms with Crippen molar-refractivity contribution in [3.8, 4) is 0 Å². The second-order valence-electron chi connectivity index (χ2n) is 6.01. The van der Waals surface area contributed by atoms with Gasteiger partial charge < -0.3 is 10.0 Å². The highest BCUT2D eigenvalue weighted by molar-refractivity contribution is 5.83. The standard InChI is InChI=1S/C14H24N2O3/c1-9-4-5-10(2)16(9)11(3)13(17)15-7-6-12(8-15)14(18)19/h9-12H,4-8H2,1-3H3,(H,18,19). The van der Waals surface area contributed by atoms with E-state index in [0.717, 1.165) is 12.8 Å². The maximum atomic E-state index is 12.5. The molecule has 4 atom stereocenters. The van der Waals surface area contributed by atoms with Crippen LogP contribution in [0.15, 0.2) is 0 Å². The van der Waals surface area contributed by atoms with E-state index in [1.165, 1.54) is 0 Å². The van der Waals surface area contributed by atoms with Crippen molar-refractivity contribution in [2.24, 2.45) is 5.92 Å². The van der Waals surface area contributed by atoms with Gasteiger partial charge in [0.15, 0.2) is 0 Å². The topological polar surface area (TPSA) is 60.9 Å². The van der Waals surface area contributed by atoms with E-state index in [1.54, 1.807) is 4.90 Å². The fourth-order valence-corrected chi connectivity index (χ4v) is 3.53. The van der Waals surface area contributed by atoms with E-state index in [0.29, 0.717) is 31.6 Å². The molecule has 0 aromatic carbocycles. The monoisotopic (exact) mass is 268 g/mol. The van der Waals surface area contributed by atoms with Crippen LogP contribution in [-0.2, 0) is 9.59 Å². The Balaban J connectivity index is 1.98. The van der Waals surface area contributed by atoms with Gasteiger partial charge in [0.05, 0.1) is 12.0 Å². The average molecular weight is 268 g/mol. The van der Waals surface area contributed by atoms with Gasteiger partial charge in [-0.2, -0.15) is 0 Å². The molecule has 2 rings (SSSR count). The molecule has 5 heteroatoms. The van der Waals surface area contributed by atoms with E-state index in [4.69, 9.17) is 5.11 Å². The van der Waals surface area contributed by atoms with E-state index >= 15 is 0 Å². The van der Waals surface area contributed by atoms with Crippen molar-refractivity contribution in [3.05, 3.63) is 0 Å². The van der Waals surface area contributed by atoms with Crippen LogP contribution >= 0.6 is 0 Å². The molecule has 0 spiro atoms. The molecule has 0 saturated carbocycles. The molecule has 0 aromatic rings. The molecule has 0 aromatic heterocycles. The number of hydrogen-bond acceptors (Lipinski definition) is 3. The minimum Gasteiger partial charge on any atom is -0.481 e. The first-order valence-corrected chi connectivity index (χ1v) is 7.20. The maximum absolute atomic E-state index is 12.5. The molecule has 0 radical (unpaired) electrons.